The number of rotatable bonds is 5. The molecule has 33 heavy (non-hydrogen) atoms. The van der Waals surface area contributed by atoms with Crippen molar-refractivity contribution in [3.8, 4) is 5.75 Å². The highest BCUT2D eigenvalue weighted by atomic mass is 32.2. The quantitative estimate of drug-likeness (QED) is 0.283. The molecular weight excluding hydrogens is 476 g/mol. The second-order valence-electron chi connectivity index (χ2n) is 6.87. The standard InChI is InChI=1S/C17H18N2O5S.C2H2N2O3S/c1-24-11-14-5-3-2-4-13(14)8-12-6-7-15(16(20)9-12)19-10-17(21)18-25(19,22)23;5-1-2(6)4-8(7)3-1/h2-7,9,20H,8,10-11H2,1H3,(H,18,21);(H,3,5)(H,4,6). The van der Waals surface area contributed by atoms with E-state index in [4.69, 9.17) is 4.74 Å². The van der Waals surface area contributed by atoms with Gasteiger partial charge < -0.3 is 14.4 Å². The number of ether oxygens (including phenoxy) is 1. The van der Waals surface area contributed by atoms with Crippen molar-refractivity contribution in [2.24, 2.45) is 0 Å². The molecule has 0 saturated carbocycles. The molecule has 176 valence electrons. The highest BCUT2D eigenvalue weighted by Gasteiger charge is 2.35. The van der Waals surface area contributed by atoms with Crippen LogP contribution in [0.3, 0.4) is 0 Å². The lowest BCUT2D eigenvalue weighted by molar-refractivity contribution is -0.117. The maximum absolute atomic E-state index is 11.9. The van der Waals surface area contributed by atoms with Crippen molar-refractivity contribution < 1.29 is 27.6 Å². The zero-order valence-electron chi connectivity index (χ0n) is 17.2. The van der Waals surface area contributed by atoms with Gasteiger partial charge in [-0.15, -0.1) is 8.75 Å². The van der Waals surface area contributed by atoms with Crippen LogP contribution in [0.25, 0.3) is 0 Å². The summed E-state index contributed by atoms with van der Waals surface area (Å²) in [6, 6.07) is 12.6. The van der Waals surface area contributed by atoms with E-state index in [1.165, 1.54) is 12.1 Å². The SMILES string of the molecule is COCc1ccccc1Cc1ccc(N2CC(=O)NS2(=O)=O)c(O)c1.O=c1[nH][s+]([O-])[nH]c1=O. The number of methoxy groups -OCH3 is 1. The van der Waals surface area contributed by atoms with Crippen LogP contribution in [0.15, 0.2) is 52.1 Å². The van der Waals surface area contributed by atoms with E-state index >= 15 is 0 Å². The molecule has 14 heteroatoms. The van der Waals surface area contributed by atoms with E-state index in [1.807, 2.05) is 37.7 Å². The smallest absolute Gasteiger partial charge is 0.359 e. The third-order valence-corrected chi connectivity index (χ3v) is 6.65. The van der Waals surface area contributed by atoms with Crippen molar-refractivity contribution in [1.29, 1.82) is 0 Å². The van der Waals surface area contributed by atoms with Gasteiger partial charge in [0.15, 0.2) is 0 Å². The Kier molecular flexibility index (Phi) is 7.33. The van der Waals surface area contributed by atoms with Crippen molar-refractivity contribution in [1.82, 2.24) is 13.5 Å². The van der Waals surface area contributed by atoms with Crippen LogP contribution in [-0.4, -0.2) is 46.4 Å². The molecule has 1 amide bonds. The van der Waals surface area contributed by atoms with Gasteiger partial charge in [0.2, 0.25) is 0 Å². The Morgan fingerprint density at radius 1 is 1.09 bits per heavy atom. The Balaban J connectivity index is 0.000000323. The van der Waals surface area contributed by atoms with Crippen molar-refractivity contribution in [3.05, 3.63) is 79.9 Å². The summed E-state index contributed by atoms with van der Waals surface area (Å²) in [7, 11) is -2.31. The molecule has 0 radical (unpaired) electrons. The first kappa shape index (κ1) is 24.2. The van der Waals surface area contributed by atoms with Crippen LogP contribution < -0.4 is 20.1 Å². The maximum Gasteiger partial charge on any atom is 0.359 e. The molecule has 0 aliphatic carbocycles. The van der Waals surface area contributed by atoms with Gasteiger partial charge >= 0.3 is 21.3 Å². The summed E-state index contributed by atoms with van der Waals surface area (Å²) >= 11 is -1.68. The Morgan fingerprint density at radius 3 is 2.21 bits per heavy atom. The van der Waals surface area contributed by atoms with Crippen molar-refractivity contribution >= 4 is 32.9 Å². The van der Waals surface area contributed by atoms with Gasteiger partial charge in [0, 0.05) is 7.11 Å². The van der Waals surface area contributed by atoms with Crippen LogP contribution in [0.1, 0.15) is 16.7 Å². The number of phenolic OH excluding ortho intramolecular Hbond substituents is 1. The number of hydrogen-bond donors (Lipinski definition) is 4. The van der Waals surface area contributed by atoms with Gasteiger partial charge in [-0.1, -0.05) is 30.3 Å². The van der Waals surface area contributed by atoms with E-state index in [-0.39, 0.29) is 18.0 Å². The topological polar surface area (TPSA) is 185 Å². The molecule has 4 rings (SSSR count). The lowest BCUT2D eigenvalue weighted by atomic mass is 9.99. The molecule has 2 aromatic carbocycles. The minimum absolute atomic E-state index is 0.0762. The number of phenols is 1. The van der Waals surface area contributed by atoms with Crippen LogP contribution >= 0.6 is 11.1 Å². The first-order valence-electron chi connectivity index (χ1n) is 9.35. The van der Waals surface area contributed by atoms with Gasteiger partial charge in [0.25, 0.3) is 5.91 Å². The van der Waals surface area contributed by atoms with Gasteiger partial charge in [-0.2, -0.15) is 8.42 Å². The lowest BCUT2D eigenvalue weighted by Crippen LogP contribution is -2.29. The van der Waals surface area contributed by atoms with Gasteiger partial charge in [-0.3, -0.25) is 14.4 Å². The molecule has 1 aromatic heterocycles. The molecule has 0 spiro atoms. The van der Waals surface area contributed by atoms with Crippen LogP contribution in [0, 0.1) is 0 Å². The van der Waals surface area contributed by atoms with Crippen LogP contribution in [0.5, 0.6) is 5.75 Å². The van der Waals surface area contributed by atoms with Gasteiger partial charge in [-0.05, 0) is 35.2 Å². The van der Waals surface area contributed by atoms with E-state index in [0.29, 0.717) is 13.0 Å². The van der Waals surface area contributed by atoms with Gasteiger partial charge in [0.1, 0.15) is 23.4 Å². The van der Waals surface area contributed by atoms with E-state index in [0.717, 1.165) is 21.0 Å². The Labute approximate surface area is 190 Å². The minimum atomic E-state index is -3.94. The zero-order valence-corrected chi connectivity index (χ0v) is 18.9. The molecule has 1 fully saturated rings. The van der Waals surface area contributed by atoms with E-state index in [2.05, 4.69) is 0 Å². The monoisotopic (exact) mass is 496 g/mol. The second kappa shape index (κ2) is 9.99. The number of aromatic amines is 2. The third-order valence-electron chi connectivity index (χ3n) is 4.52. The number of aromatic nitrogens is 2. The number of nitrogens with zero attached hydrogens (tertiary/aromatic N) is 1. The Morgan fingerprint density at radius 2 is 1.73 bits per heavy atom. The average Bonchev–Trinajstić information content (AvgIpc) is 3.18. The molecule has 0 atom stereocenters. The number of amides is 1. The normalized spacial score (nSPS) is 14.5. The summed E-state index contributed by atoms with van der Waals surface area (Å²) in [4.78, 5) is 31.5. The summed E-state index contributed by atoms with van der Waals surface area (Å²) in [6.07, 6.45) is 0.567. The van der Waals surface area contributed by atoms with E-state index < -0.39 is 38.4 Å². The van der Waals surface area contributed by atoms with Crippen LogP contribution in [0.4, 0.5) is 5.69 Å². The van der Waals surface area contributed by atoms with E-state index in [1.54, 1.807) is 13.2 Å². The molecule has 2 heterocycles. The Bertz CT molecular complexity index is 1350. The number of carbonyl (C=O) groups is 1. The molecule has 3 aromatic rings. The predicted octanol–water partition coefficient (Wildman–Crippen LogP) is 0.101. The molecule has 1 aliphatic heterocycles. The van der Waals surface area contributed by atoms with Crippen molar-refractivity contribution in [3.63, 3.8) is 0 Å². The fourth-order valence-electron chi connectivity index (χ4n) is 3.08. The molecule has 0 unspecified atom stereocenters. The molecule has 12 nitrogen and oxygen atoms in total. The molecule has 0 bridgehead atoms. The molecule has 1 aliphatic rings. The molecule has 1 saturated heterocycles. The van der Waals surface area contributed by atoms with Gasteiger partial charge in [-0.25, -0.2) is 9.03 Å². The molecule has 4 N–H and O–H groups in total. The first-order valence-corrected chi connectivity index (χ1v) is 11.9. The van der Waals surface area contributed by atoms with Crippen molar-refractivity contribution in [2.45, 2.75) is 13.0 Å². The number of H-pyrrole nitrogens is 2. The van der Waals surface area contributed by atoms with E-state index in [9.17, 15) is 32.5 Å². The number of benzene rings is 2. The number of anilines is 1. The number of carbonyl (C=O) groups excluding carboxylic acids is 1. The summed E-state index contributed by atoms with van der Waals surface area (Å²) < 4.78 is 45.5. The van der Waals surface area contributed by atoms with Gasteiger partial charge in [0.05, 0.1) is 12.3 Å². The lowest BCUT2D eigenvalue weighted by Gasteiger charge is -2.17. The first-order chi connectivity index (χ1) is 15.6. The Hall–Kier alpha value is -3.46. The number of hydrogen-bond acceptors (Lipinski definition) is 8. The highest BCUT2D eigenvalue weighted by Crippen LogP contribution is 2.32. The largest absolute Gasteiger partial charge is 0.549 e. The third kappa shape index (κ3) is 5.87. The second-order valence-corrected chi connectivity index (χ2v) is 9.41. The summed E-state index contributed by atoms with van der Waals surface area (Å²) in [5.74, 6) is -0.821. The average molecular weight is 497 g/mol. The predicted molar refractivity (Wildman–Crippen MR) is 119 cm³/mol. The molecular formula is C19H20N4O8S2. The minimum Gasteiger partial charge on any atom is -0.549 e. The number of nitrogens with one attached hydrogen (secondary N) is 3. The number of aromatic hydroxyl groups is 1. The highest BCUT2D eigenvalue weighted by molar-refractivity contribution is 7.92. The van der Waals surface area contributed by atoms with Crippen LogP contribution in [-0.2, 0) is 32.8 Å². The fraction of sp³-hybridized carbons (Fsp3) is 0.211. The van der Waals surface area contributed by atoms with Crippen LogP contribution in [0.2, 0.25) is 0 Å². The maximum atomic E-state index is 11.9. The fourth-order valence-corrected chi connectivity index (χ4v) is 4.82. The summed E-state index contributed by atoms with van der Waals surface area (Å²) in [5.41, 5.74) is 1.31. The summed E-state index contributed by atoms with van der Waals surface area (Å²) in [6.45, 7) is 0.145. The van der Waals surface area contributed by atoms with Crippen molar-refractivity contribution in [2.75, 3.05) is 18.0 Å². The summed E-state index contributed by atoms with van der Waals surface area (Å²) in [5, 5.41) is 10.3. The zero-order chi connectivity index (χ0) is 24.2.